The van der Waals surface area contributed by atoms with Gasteiger partial charge < -0.3 is 15.1 Å². The molecule has 0 radical (unpaired) electrons. The van der Waals surface area contributed by atoms with E-state index in [0.29, 0.717) is 19.5 Å². The van der Waals surface area contributed by atoms with Gasteiger partial charge in [0.2, 0.25) is 0 Å². The zero-order chi connectivity index (χ0) is 18.7. The molecular weight excluding hydrogens is 340 g/mol. The van der Waals surface area contributed by atoms with Crippen LogP contribution in [-0.2, 0) is 9.84 Å². The second-order valence-corrected chi connectivity index (χ2v) is 10.0. The molecule has 1 aromatic rings. The van der Waals surface area contributed by atoms with Crippen molar-refractivity contribution >= 4 is 15.9 Å². The Morgan fingerprint density at radius 2 is 2.12 bits per heavy atom. The number of pyridine rings is 1. The van der Waals surface area contributed by atoms with Crippen molar-refractivity contribution < 1.29 is 13.2 Å². The van der Waals surface area contributed by atoms with E-state index in [1.54, 1.807) is 31.1 Å². The molecule has 25 heavy (non-hydrogen) atoms. The number of amides is 2. The summed E-state index contributed by atoms with van der Waals surface area (Å²) < 4.78 is 23.7. The number of hydrogen-bond acceptors (Lipinski definition) is 5. The number of sulfone groups is 1. The molecule has 140 valence electrons. The minimum absolute atomic E-state index is 0.00445. The van der Waals surface area contributed by atoms with Crippen LogP contribution in [0, 0.1) is 0 Å². The Bertz CT molecular complexity index is 689. The van der Waals surface area contributed by atoms with Gasteiger partial charge in [-0.25, -0.2) is 13.2 Å². The number of likely N-dealkylation sites (N-methyl/N-ethyl adjacent to an activating group) is 1. The van der Waals surface area contributed by atoms with Gasteiger partial charge in [0.25, 0.3) is 0 Å². The van der Waals surface area contributed by atoms with Crippen LogP contribution in [0.3, 0.4) is 0 Å². The number of aromatic nitrogens is 1. The Morgan fingerprint density at radius 1 is 1.40 bits per heavy atom. The Hall–Kier alpha value is -1.67. The van der Waals surface area contributed by atoms with Gasteiger partial charge in [-0.2, -0.15) is 0 Å². The van der Waals surface area contributed by atoms with Gasteiger partial charge in [-0.1, -0.05) is 6.07 Å². The minimum atomic E-state index is -3.19. The van der Waals surface area contributed by atoms with Gasteiger partial charge >= 0.3 is 6.03 Å². The van der Waals surface area contributed by atoms with E-state index >= 15 is 0 Å². The van der Waals surface area contributed by atoms with E-state index < -0.39 is 14.6 Å². The summed E-state index contributed by atoms with van der Waals surface area (Å²) in [5.41, 5.74) is 1.02. The maximum absolute atomic E-state index is 12.5. The van der Waals surface area contributed by atoms with Gasteiger partial charge in [-0.05, 0) is 46.0 Å². The normalized spacial score (nSPS) is 20.8. The summed E-state index contributed by atoms with van der Waals surface area (Å²) in [5, 5.41) is 2.94. The Morgan fingerprint density at radius 3 is 2.72 bits per heavy atom. The molecule has 1 fully saturated rings. The van der Waals surface area contributed by atoms with Gasteiger partial charge in [0.15, 0.2) is 9.84 Å². The third-order valence-corrected chi connectivity index (χ3v) is 7.49. The lowest BCUT2D eigenvalue weighted by Crippen LogP contribution is -2.44. The second-order valence-electron chi connectivity index (χ2n) is 7.27. The average molecular weight is 369 g/mol. The predicted molar refractivity (Wildman–Crippen MR) is 98.1 cm³/mol. The van der Waals surface area contributed by atoms with E-state index in [0.717, 1.165) is 5.56 Å². The molecule has 0 aromatic carbocycles. The summed E-state index contributed by atoms with van der Waals surface area (Å²) in [6.07, 6.45) is 3.95. The molecule has 8 heteroatoms. The monoisotopic (exact) mass is 368 g/mol. The Kier molecular flexibility index (Phi) is 6.05. The van der Waals surface area contributed by atoms with Crippen molar-refractivity contribution in [3.8, 4) is 0 Å². The zero-order valence-electron chi connectivity index (χ0n) is 15.4. The average Bonchev–Trinajstić information content (AvgIpc) is 2.65. The molecule has 0 saturated carbocycles. The van der Waals surface area contributed by atoms with Crippen molar-refractivity contribution in [3.63, 3.8) is 0 Å². The maximum atomic E-state index is 12.5. The van der Waals surface area contributed by atoms with Gasteiger partial charge in [-0.3, -0.25) is 4.98 Å². The fourth-order valence-corrected chi connectivity index (χ4v) is 4.26. The van der Waals surface area contributed by atoms with Crippen molar-refractivity contribution in [2.24, 2.45) is 0 Å². The molecule has 1 aromatic heterocycles. The van der Waals surface area contributed by atoms with Crippen molar-refractivity contribution in [2.75, 3.05) is 39.5 Å². The number of hydrogen-bond donors (Lipinski definition) is 1. The molecule has 1 aliphatic rings. The molecule has 0 bridgehead atoms. The van der Waals surface area contributed by atoms with Gasteiger partial charge in [0, 0.05) is 32.0 Å². The highest BCUT2D eigenvalue weighted by Gasteiger charge is 2.38. The molecule has 1 atom stereocenters. The number of nitrogens with zero attached hydrogens (tertiary/aromatic N) is 3. The standard InChI is InChI=1S/C17H28N4O3S/c1-17(2)7-9-21(10-11-25(17,23)24)16(22)19-13-15(20(3)4)14-6-5-8-18-12-14/h5-6,8,12,15H,7,9-11,13H2,1-4H3,(H,19,22). The first-order valence-electron chi connectivity index (χ1n) is 8.45. The highest BCUT2D eigenvalue weighted by molar-refractivity contribution is 7.92. The summed E-state index contributed by atoms with van der Waals surface area (Å²) in [7, 11) is 0.709. The van der Waals surface area contributed by atoms with E-state index in [4.69, 9.17) is 0 Å². The third kappa shape index (κ3) is 4.70. The summed E-state index contributed by atoms with van der Waals surface area (Å²) in [4.78, 5) is 20.3. The summed E-state index contributed by atoms with van der Waals surface area (Å²) >= 11 is 0. The first kappa shape index (κ1) is 19.7. The lowest BCUT2D eigenvalue weighted by molar-refractivity contribution is 0.194. The lowest BCUT2D eigenvalue weighted by atomic mass is 10.1. The molecule has 0 spiro atoms. The van der Waals surface area contributed by atoms with Crippen LogP contribution < -0.4 is 5.32 Å². The van der Waals surface area contributed by atoms with Gasteiger partial charge in [-0.15, -0.1) is 0 Å². The minimum Gasteiger partial charge on any atom is -0.336 e. The first-order chi connectivity index (χ1) is 11.6. The largest absolute Gasteiger partial charge is 0.336 e. The van der Waals surface area contributed by atoms with Crippen molar-refractivity contribution in [1.29, 1.82) is 0 Å². The third-order valence-electron chi connectivity index (χ3n) is 4.88. The Labute approximate surface area is 150 Å². The van der Waals surface area contributed by atoms with E-state index in [1.165, 1.54) is 0 Å². The Balaban J connectivity index is 2.00. The topological polar surface area (TPSA) is 82.6 Å². The zero-order valence-corrected chi connectivity index (χ0v) is 16.2. The molecule has 2 rings (SSSR count). The van der Waals surface area contributed by atoms with E-state index in [1.807, 2.05) is 31.1 Å². The second kappa shape index (κ2) is 7.70. The summed E-state index contributed by atoms with van der Waals surface area (Å²) in [6, 6.07) is 3.63. The molecule has 1 saturated heterocycles. The van der Waals surface area contributed by atoms with Crippen LogP contribution in [0.4, 0.5) is 4.79 Å². The quantitative estimate of drug-likeness (QED) is 0.866. The van der Waals surface area contributed by atoms with Crippen LogP contribution in [0.1, 0.15) is 31.9 Å². The van der Waals surface area contributed by atoms with Crippen LogP contribution in [0.2, 0.25) is 0 Å². The first-order valence-corrected chi connectivity index (χ1v) is 10.1. The highest BCUT2D eigenvalue weighted by atomic mass is 32.2. The fraction of sp³-hybridized carbons (Fsp3) is 0.647. The van der Waals surface area contributed by atoms with Crippen LogP contribution >= 0.6 is 0 Å². The van der Waals surface area contributed by atoms with E-state index in [-0.39, 0.29) is 24.4 Å². The van der Waals surface area contributed by atoms with E-state index in [9.17, 15) is 13.2 Å². The van der Waals surface area contributed by atoms with Gasteiger partial charge in [0.1, 0.15) is 0 Å². The predicted octanol–water partition coefficient (Wildman–Crippen LogP) is 1.29. The SMILES string of the molecule is CN(C)C(CNC(=O)N1CCC(C)(C)S(=O)(=O)CC1)c1cccnc1. The number of urea groups is 1. The molecule has 2 heterocycles. The maximum Gasteiger partial charge on any atom is 0.317 e. The number of carbonyl (C=O) groups excluding carboxylic acids is 1. The lowest BCUT2D eigenvalue weighted by Gasteiger charge is -2.27. The van der Waals surface area contributed by atoms with E-state index in [2.05, 4.69) is 10.3 Å². The van der Waals surface area contributed by atoms with Crippen LogP contribution in [0.15, 0.2) is 24.5 Å². The molecule has 2 amide bonds. The van der Waals surface area contributed by atoms with Crippen molar-refractivity contribution in [2.45, 2.75) is 31.1 Å². The molecular formula is C17H28N4O3S. The number of carbonyl (C=O) groups is 1. The fourth-order valence-electron chi connectivity index (χ4n) is 2.85. The summed E-state index contributed by atoms with van der Waals surface area (Å²) in [6.45, 7) is 4.57. The highest BCUT2D eigenvalue weighted by Crippen LogP contribution is 2.25. The smallest absolute Gasteiger partial charge is 0.317 e. The van der Waals surface area contributed by atoms with Crippen LogP contribution in [-0.4, -0.2) is 73.5 Å². The molecule has 1 unspecified atom stereocenters. The summed E-state index contributed by atoms with van der Waals surface area (Å²) in [5.74, 6) is 0.00708. The van der Waals surface area contributed by atoms with Crippen LogP contribution in [0.25, 0.3) is 0 Å². The van der Waals surface area contributed by atoms with Crippen molar-refractivity contribution in [3.05, 3.63) is 30.1 Å². The number of nitrogens with one attached hydrogen (secondary N) is 1. The van der Waals surface area contributed by atoms with Crippen LogP contribution in [0.5, 0.6) is 0 Å². The molecule has 0 aliphatic carbocycles. The molecule has 7 nitrogen and oxygen atoms in total. The molecule has 1 aliphatic heterocycles. The molecule has 1 N–H and O–H groups in total. The number of rotatable bonds is 4. The van der Waals surface area contributed by atoms with Gasteiger partial charge in [0.05, 0.1) is 16.5 Å². The van der Waals surface area contributed by atoms with Crippen molar-refractivity contribution in [1.82, 2.24) is 20.1 Å².